The molecule has 2 aromatic carbocycles. The fourth-order valence-corrected chi connectivity index (χ4v) is 2.75. The molecule has 0 fully saturated rings. The second-order valence-electron chi connectivity index (χ2n) is 3.99. The van der Waals surface area contributed by atoms with Crippen LogP contribution in [0, 0.1) is 0 Å². The van der Waals surface area contributed by atoms with Gasteiger partial charge in [-0.2, -0.15) is 8.42 Å². The van der Waals surface area contributed by atoms with Gasteiger partial charge in [0.15, 0.2) is 0 Å². The average Bonchev–Trinajstić information content (AvgIpc) is 2.40. The molecule has 0 aliphatic heterocycles. The molecule has 0 spiro atoms. The first-order valence-electron chi connectivity index (χ1n) is 5.80. The summed E-state index contributed by atoms with van der Waals surface area (Å²) in [7, 11) is -3.77. The standard InChI is InChI=1S/C14H13BrO3S/c1-2-11-3-7-13(8-4-11)18-19(16,17)14-9-5-12(15)6-10-14/h3-10H,2H2,1H3. The first-order valence-corrected chi connectivity index (χ1v) is 8.00. The third-order valence-corrected chi connectivity index (χ3v) is 4.43. The van der Waals surface area contributed by atoms with E-state index >= 15 is 0 Å². The van der Waals surface area contributed by atoms with Gasteiger partial charge in [0.25, 0.3) is 0 Å². The van der Waals surface area contributed by atoms with E-state index in [1.54, 1.807) is 24.3 Å². The van der Waals surface area contributed by atoms with Crippen molar-refractivity contribution in [3.05, 3.63) is 58.6 Å². The van der Waals surface area contributed by atoms with Gasteiger partial charge in [-0.05, 0) is 48.4 Å². The minimum Gasteiger partial charge on any atom is -0.379 e. The molecule has 0 radical (unpaired) electrons. The molecule has 0 saturated heterocycles. The molecule has 2 aromatic rings. The van der Waals surface area contributed by atoms with Gasteiger partial charge in [-0.1, -0.05) is 35.0 Å². The molecule has 100 valence electrons. The van der Waals surface area contributed by atoms with Crippen LogP contribution in [0.3, 0.4) is 0 Å². The SMILES string of the molecule is CCc1ccc(OS(=O)(=O)c2ccc(Br)cc2)cc1. The van der Waals surface area contributed by atoms with Crippen molar-refractivity contribution in [1.82, 2.24) is 0 Å². The molecule has 0 aliphatic rings. The fourth-order valence-electron chi connectivity index (χ4n) is 1.56. The van der Waals surface area contributed by atoms with Gasteiger partial charge in [-0.25, -0.2) is 0 Å². The molecule has 0 bridgehead atoms. The maximum absolute atomic E-state index is 12.0. The number of rotatable bonds is 4. The first-order chi connectivity index (χ1) is 9.01. The summed E-state index contributed by atoms with van der Waals surface area (Å²) in [5.74, 6) is 0.320. The van der Waals surface area contributed by atoms with Gasteiger partial charge >= 0.3 is 10.1 Å². The van der Waals surface area contributed by atoms with Crippen molar-refractivity contribution < 1.29 is 12.6 Å². The molecule has 3 nitrogen and oxygen atoms in total. The summed E-state index contributed by atoms with van der Waals surface area (Å²) >= 11 is 3.26. The van der Waals surface area contributed by atoms with Crippen LogP contribution >= 0.6 is 15.9 Å². The summed E-state index contributed by atoms with van der Waals surface area (Å²) in [4.78, 5) is 0.135. The van der Waals surface area contributed by atoms with Crippen molar-refractivity contribution in [3.8, 4) is 5.75 Å². The maximum Gasteiger partial charge on any atom is 0.339 e. The molecule has 0 aromatic heterocycles. The predicted octanol–water partition coefficient (Wildman–Crippen LogP) is 3.78. The highest BCUT2D eigenvalue weighted by Gasteiger charge is 2.16. The molecule has 0 heterocycles. The van der Waals surface area contributed by atoms with Gasteiger partial charge in [0.2, 0.25) is 0 Å². The van der Waals surface area contributed by atoms with E-state index < -0.39 is 10.1 Å². The second kappa shape index (κ2) is 5.75. The summed E-state index contributed by atoms with van der Waals surface area (Å²) in [6.45, 7) is 2.04. The molecular weight excluding hydrogens is 328 g/mol. The molecule has 0 saturated carbocycles. The largest absolute Gasteiger partial charge is 0.379 e. The normalized spacial score (nSPS) is 11.3. The number of benzene rings is 2. The summed E-state index contributed by atoms with van der Waals surface area (Å²) in [5, 5.41) is 0. The van der Waals surface area contributed by atoms with Crippen LogP contribution in [0.15, 0.2) is 57.9 Å². The van der Waals surface area contributed by atoms with Crippen molar-refractivity contribution in [2.75, 3.05) is 0 Å². The second-order valence-corrected chi connectivity index (χ2v) is 6.45. The molecule has 0 N–H and O–H groups in total. The summed E-state index contributed by atoms with van der Waals surface area (Å²) in [6, 6.07) is 13.4. The topological polar surface area (TPSA) is 43.4 Å². The van der Waals surface area contributed by atoms with Crippen LogP contribution < -0.4 is 4.18 Å². The molecule has 0 amide bonds. The zero-order valence-electron chi connectivity index (χ0n) is 10.3. The van der Waals surface area contributed by atoms with Gasteiger partial charge in [-0.15, -0.1) is 0 Å². The number of hydrogen-bond donors (Lipinski definition) is 0. The Morgan fingerprint density at radius 2 is 1.58 bits per heavy atom. The van der Waals surface area contributed by atoms with E-state index in [0.717, 1.165) is 16.5 Å². The Kier molecular flexibility index (Phi) is 4.27. The van der Waals surface area contributed by atoms with Crippen LogP contribution in [0.1, 0.15) is 12.5 Å². The molecule has 0 unspecified atom stereocenters. The van der Waals surface area contributed by atoms with E-state index in [4.69, 9.17) is 4.18 Å². The van der Waals surface area contributed by atoms with Crippen LogP contribution in [0.5, 0.6) is 5.75 Å². The van der Waals surface area contributed by atoms with Gasteiger partial charge in [0.05, 0.1) is 0 Å². The Morgan fingerprint density at radius 3 is 2.11 bits per heavy atom. The average molecular weight is 341 g/mol. The van der Waals surface area contributed by atoms with Crippen LogP contribution in [0.4, 0.5) is 0 Å². The van der Waals surface area contributed by atoms with Crippen molar-refractivity contribution in [1.29, 1.82) is 0 Å². The van der Waals surface area contributed by atoms with Crippen molar-refractivity contribution in [2.45, 2.75) is 18.2 Å². The Balaban J connectivity index is 2.23. The predicted molar refractivity (Wildman–Crippen MR) is 77.8 cm³/mol. The maximum atomic E-state index is 12.0. The highest BCUT2D eigenvalue weighted by atomic mass is 79.9. The van der Waals surface area contributed by atoms with Crippen LogP contribution in [-0.4, -0.2) is 8.42 Å². The summed E-state index contributed by atoms with van der Waals surface area (Å²) in [5.41, 5.74) is 1.13. The summed E-state index contributed by atoms with van der Waals surface area (Å²) < 4.78 is 30.0. The first kappa shape index (κ1) is 14.1. The number of aryl methyl sites for hydroxylation is 1. The summed E-state index contributed by atoms with van der Waals surface area (Å²) in [6.07, 6.45) is 0.903. The highest BCUT2D eigenvalue weighted by molar-refractivity contribution is 9.10. The fraction of sp³-hybridized carbons (Fsp3) is 0.143. The Morgan fingerprint density at radius 1 is 1.00 bits per heavy atom. The van der Waals surface area contributed by atoms with E-state index in [1.807, 2.05) is 19.1 Å². The lowest BCUT2D eigenvalue weighted by Gasteiger charge is -2.07. The lowest BCUT2D eigenvalue weighted by Crippen LogP contribution is -2.09. The van der Waals surface area contributed by atoms with E-state index in [-0.39, 0.29) is 4.90 Å². The number of hydrogen-bond acceptors (Lipinski definition) is 3. The van der Waals surface area contributed by atoms with Gasteiger partial charge in [0, 0.05) is 4.47 Å². The highest BCUT2D eigenvalue weighted by Crippen LogP contribution is 2.20. The van der Waals surface area contributed by atoms with Crippen molar-refractivity contribution >= 4 is 26.0 Å². The quantitative estimate of drug-likeness (QED) is 0.795. The van der Waals surface area contributed by atoms with E-state index in [2.05, 4.69) is 15.9 Å². The monoisotopic (exact) mass is 340 g/mol. The van der Waals surface area contributed by atoms with E-state index in [9.17, 15) is 8.42 Å². The van der Waals surface area contributed by atoms with Crippen LogP contribution in [0.2, 0.25) is 0 Å². The lowest BCUT2D eigenvalue weighted by atomic mass is 10.2. The molecule has 2 rings (SSSR count). The smallest absolute Gasteiger partial charge is 0.339 e. The van der Waals surface area contributed by atoms with E-state index in [0.29, 0.717) is 5.75 Å². The molecule has 0 aliphatic carbocycles. The van der Waals surface area contributed by atoms with Crippen LogP contribution in [-0.2, 0) is 16.5 Å². The van der Waals surface area contributed by atoms with Gasteiger partial charge in [-0.3, -0.25) is 0 Å². The molecule has 0 atom stereocenters. The Labute approximate surface area is 121 Å². The molecule has 5 heteroatoms. The molecule has 19 heavy (non-hydrogen) atoms. The minimum absolute atomic E-state index is 0.135. The molecular formula is C14H13BrO3S. The Hall–Kier alpha value is -1.33. The van der Waals surface area contributed by atoms with Crippen molar-refractivity contribution in [3.63, 3.8) is 0 Å². The van der Waals surface area contributed by atoms with E-state index in [1.165, 1.54) is 12.1 Å². The number of halogens is 1. The van der Waals surface area contributed by atoms with Crippen LogP contribution in [0.25, 0.3) is 0 Å². The third kappa shape index (κ3) is 3.58. The Bertz CT molecular complexity index is 646. The van der Waals surface area contributed by atoms with Gasteiger partial charge < -0.3 is 4.18 Å². The van der Waals surface area contributed by atoms with Gasteiger partial charge in [0.1, 0.15) is 10.6 Å². The zero-order chi connectivity index (χ0) is 13.9. The zero-order valence-corrected chi connectivity index (χ0v) is 12.7. The lowest BCUT2D eigenvalue weighted by molar-refractivity contribution is 0.486. The minimum atomic E-state index is -3.77. The van der Waals surface area contributed by atoms with Crippen molar-refractivity contribution in [2.24, 2.45) is 0 Å². The third-order valence-electron chi connectivity index (χ3n) is 2.64.